The molecule has 1 amide bonds. The van der Waals surface area contributed by atoms with E-state index in [0.717, 1.165) is 45.3 Å². The van der Waals surface area contributed by atoms with Gasteiger partial charge in [-0.15, -0.1) is 0 Å². The van der Waals surface area contributed by atoms with Crippen molar-refractivity contribution in [2.75, 3.05) is 33.3 Å². The number of Topliss-reactive ketones (excluding diaryl/α,β-unsaturated/α-hetero) is 1. The van der Waals surface area contributed by atoms with Gasteiger partial charge in [-0.3, -0.25) is 9.59 Å². The van der Waals surface area contributed by atoms with Crippen LogP contribution in [0, 0.1) is 0 Å². The Labute approximate surface area is 179 Å². The van der Waals surface area contributed by atoms with Crippen LogP contribution in [-0.4, -0.2) is 60.8 Å². The Morgan fingerprint density at radius 3 is 2.53 bits per heavy atom. The van der Waals surface area contributed by atoms with Gasteiger partial charge in [-0.05, 0) is 75.5 Å². The molecule has 30 heavy (non-hydrogen) atoms. The second-order valence-electron chi connectivity index (χ2n) is 8.06. The van der Waals surface area contributed by atoms with Crippen molar-refractivity contribution < 1.29 is 14.3 Å². The van der Waals surface area contributed by atoms with Crippen LogP contribution in [0.25, 0.3) is 0 Å². The standard InChI is InChI=1S/C25H32N2O3/c1-20(28)22-12-14-24(15-13-22)30-19-25(29)26(2)23-11-7-17-27(18-23)16-6-10-21-8-4-3-5-9-21/h3-5,8-9,12-15,23H,6-7,10-11,16-19H2,1-2H3/t23-/m1/s1. The monoisotopic (exact) mass is 408 g/mol. The molecule has 0 radical (unpaired) electrons. The summed E-state index contributed by atoms with van der Waals surface area (Å²) in [7, 11) is 1.88. The lowest BCUT2D eigenvalue weighted by atomic mass is 10.0. The lowest BCUT2D eigenvalue weighted by Gasteiger charge is -2.37. The molecular formula is C25H32N2O3. The molecule has 0 aliphatic carbocycles. The van der Waals surface area contributed by atoms with Crippen LogP contribution >= 0.6 is 0 Å². The van der Waals surface area contributed by atoms with Gasteiger partial charge in [-0.25, -0.2) is 0 Å². The smallest absolute Gasteiger partial charge is 0.260 e. The van der Waals surface area contributed by atoms with Crippen LogP contribution in [-0.2, 0) is 11.2 Å². The highest BCUT2D eigenvalue weighted by Crippen LogP contribution is 2.17. The summed E-state index contributed by atoms with van der Waals surface area (Å²) in [6, 6.07) is 17.7. The van der Waals surface area contributed by atoms with Crippen molar-refractivity contribution in [3.8, 4) is 5.75 Å². The fourth-order valence-corrected chi connectivity index (χ4v) is 3.94. The number of likely N-dealkylation sites (N-methyl/N-ethyl adjacent to an activating group) is 1. The number of ketones is 1. The summed E-state index contributed by atoms with van der Waals surface area (Å²) in [4.78, 5) is 28.3. The lowest BCUT2D eigenvalue weighted by molar-refractivity contribution is -0.135. The Morgan fingerprint density at radius 1 is 1.10 bits per heavy atom. The van der Waals surface area contributed by atoms with Gasteiger partial charge < -0.3 is 14.5 Å². The third-order valence-corrected chi connectivity index (χ3v) is 5.83. The number of ether oxygens (including phenoxy) is 1. The second-order valence-corrected chi connectivity index (χ2v) is 8.06. The molecular weight excluding hydrogens is 376 g/mol. The molecule has 160 valence electrons. The number of nitrogens with zero attached hydrogens (tertiary/aromatic N) is 2. The Kier molecular flexibility index (Phi) is 8.03. The van der Waals surface area contributed by atoms with E-state index in [9.17, 15) is 9.59 Å². The highest BCUT2D eigenvalue weighted by molar-refractivity contribution is 5.94. The fourth-order valence-electron chi connectivity index (χ4n) is 3.94. The average Bonchev–Trinajstić information content (AvgIpc) is 2.78. The van der Waals surface area contributed by atoms with Crippen LogP contribution in [0.3, 0.4) is 0 Å². The number of benzene rings is 2. The van der Waals surface area contributed by atoms with Gasteiger partial charge in [0.15, 0.2) is 12.4 Å². The maximum atomic E-state index is 12.6. The summed E-state index contributed by atoms with van der Waals surface area (Å²) in [5.74, 6) is 0.609. The summed E-state index contributed by atoms with van der Waals surface area (Å²) in [5, 5.41) is 0. The number of amides is 1. The average molecular weight is 409 g/mol. The highest BCUT2D eigenvalue weighted by Gasteiger charge is 2.26. The molecule has 1 atom stereocenters. The number of hydrogen-bond acceptors (Lipinski definition) is 4. The van der Waals surface area contributed by atoms with Crippen molar-refractivity contribution in [1.29, 1.82) is 0 Å². The van der Waals surface area contributed by atoms with Gasteiger partial charge in [0.1, 0.15) is 5.75 Å². The van der Waals surface area contributed by atoms with Crippen LogP contribution in [0.5, 0.6) is 5.75 Å². The predicted molar refractivity (Wildman–Crippen MR) is 119 cm³/mol. The van der Waals surface area contributed by atoms with E-state index in [-0.39, 0.29) is 24.3 Å². The lowest BCUT2D eigenvalue weighted by Crippen LogP contribution is -2.49. The molecule has 1 heterocycles. The van der Waals surface area contributed by atoms with E-state index in [1.165, 1.54) is 12.5 Å². The minimum atomic E-state index is -0.0122. The van der Waals surface area contributed by atoms with E-state index in [1.807, 2.05) is 11.9 Å². The SMILES string of the molecule is CC(=O)c1ccc(OCC(=O)N(C)[C@@H]2CCCN(CCCc3ccccc3)C2)cc1. The summed E-state index contributed by atoms with van der Waals surface area (Å²) >= 11 is 0. The van der Waals surface area contributed by atoms with Crippen LogP contribution in [0.1, 0.15) is 42.1 Å². The molecule has 0 saturated carbocycles. The molecule has 3 rings (SSSR count). The van der Waals surface area contributed by atoms with Crippen molar-refractivity contribution in [2.45, 2.75) is 38.6 Å². The number of piperidine rings is 1. The first-order chi connectivity index (χ1) is 14.5. The van der Waals surface area contributed by atoms with E-state index >= 15 is 0 Å². The van der Waals surface area contributed by atoms with Gasteiger partial charge in [0.05, 0.1) is 0 Å². The molecule has 1 saturated heterocycles. The quantitative estimate of drug-likeness (QED) is 0.592. The second kappa shape index (κ2) is 10.9. The Bertz CT molecular complexity index is 820. The molecule has 0 aromatic heterocycles. The topological polar surface area (TPSA) is 49.9 Å². The Morgan fingerprint density at radius 2 is 1.83 bits per heavy atom. The number of likely N-dealkylation sites (tertiary alicyclic amines) is 1. The predicted octanol–water partition coefficient (Wildman–Crippen LogP) is 3.82. The third-order valence-electron chi connectivity index (χ3n) is 5.83. The maximum absolute atomic E-state index is 12.6. The molecule has 5 nitrogen and oxygen atoms in total. The van der Waals surface area contributed by atoms with Crippen LogP contribution < -0.4 is 4.74 Å². The van der Waals surface area contributed by atoms with E-state index < -0.39 is 0 Å². The number of aryl methyl sites for hydroxylation is 1. The van der Waals surface area contributed by atoms with Gasteiger partial charge in [-0.2, -0.15) is 0 Å². The number of rotatable bonds is 9. The molecule has 2 aromatic rings. The van der Waals surface area contributed by atoms with Crippen molar-refractivity contribution in [3.63, 3.8) is 0 Å². The first kappa shape index (κ1) is 22.0. The summed E-state index contributed by atoms with van der Waals surface area (Å²) < 4.78 is 5.64. The first-order valence-electron chi connectivity index (χ1n) is 10.8. The van der Waals surface area contributed by atoms with Crippen molar-refractivity contribution in [3.05, 3.63) is 65.7 Å². The minimum Gasteiger partial charge on any atom is -0.484 e. The van der Waals surface area contributed by atoms with Crippen LogP contribution in [0.2, 0.25) is 0 Å². The number of carbonyl (C=O) groups excluding carboxylic acids is 2. The molecule has 0 bridgehead atoms. The van der Waals surface area contributed by atoms with Crippen LogP contribution in [0.4, 0.5) is 0 Å². The zero-order valence-electron chi connectivity index (χ0n) is 18.0. The molecule has 1 fully saturated rings. The van der Waals surface area contributed by atoms with Crippen LogP contribution in [0.15, 0.2) is 54.6 Å². The summed E-state index contributed by atoms with van der Waals surface area (Å²) in [6.45, 7) is 4.63. The molecule has 1 aliphatic heterocycles. The molecule has 0 unspecified atom stereocenters. The van der Waals surface area contributed by atoms with E-state index in [1.54, 1.807) is 24.3 Å². The fraction of sp³-hybridized carbons (Fsp3) is 0.440. The Balaban J connectivity index is 1.42. The van der Waals surface area contributed by atoms with Gasteiger partial charge in [0.2, 0.25) is 0 Å². The molecule has 0 spiro atoms. The third kappa shape index (κ3) is 6.42. The van der Waals surface area contributed by atoms with Gasteiger partial charge in [-0.1, -0.05) is 30.3 Å². The summed E-state index contributed by atoms with van der Waals surface area (Å²) in [5.41, 5.74) is 2.02. The first-order valence-corrected chi connectivity index (χ1v) is 10.8. The largest absolute Gasteiger partial charge is 0.484 e. The number of carbonyl (C=O) groups is 2. The Hall–Kier alpha value is -2.66. The molecule has 0 N–H and O–H groups in total. The summed E-state index contributed by atoms with van der Waals surface area (Å²) in [6.07, 6.45) is 4.37. The van der Waals surface area contributed by atoms with Gasteiger partial charge in [0, 0.05) is 25.2 Å². The van der Waals surface area contributed by atoms with Gasteiger partial charge in [0.25, 0.3) is 5.91 Å². The van der Waals surface area contributed by atoms with Crippen molar-refractivity contribution >= 4 is 11.7 Å². The zero-order chi connectivity index (χ0) is 21.3. The highest BCUT2D eigenvalue weighted by atomic mass is 16.5. The van der Waals surface area contributed by atoms with Crippen molar-refractivity contribution in [1.82, 2.24) is 9.80 Å². The van der Waals surface area contributed by atoms with E-state index in [4.69, 9.17) is 4.74 Å². The molecule has 2 aromatic carbocycles. The van der Waals surface area contributed by atoms with Crippen molar-refractivity contribution in [2.24, 2.45) is 0 Å². The normalized spacial score (nSPS) is 16.8. The minimum absolute atomic E-state index is 0.0122. The maximum Gasteiger partial charge on any atom is 0.260 e. The van der Waals surface area contributed by atoms with Gasteiger partial charge >= 0.3 is 0 Å². The number of hydrogen-bond donors (Lipinski definition) is 0. The van der Waals surface area contributed by atoms with E-state index in [0.29, 0.717) is 11.3 Å². The molecule has 1 aliphatic rings. The zero-order valence-corrected chi connectivity index (χ0v) is 18.0. The van der Waals surface area contributed by atoms with E-state index in [2.05, 4.69) is 35.2 Å². The molecule has 5 heteroatoms.